The topological polar surface area (TPSA) is 58.2 Å². The molecule has 3 heterocycles. The second-order valence-corrected chi connectivity index (χ2v) is 5.94. The van der Waals surface area contributed by atoms with Crippen LogP contribution in [0.1, 0.15) is 32.8 Å². The molecule has 1 fully saturated rings. The SMILES string of the molecule is Cc1csc(C(=O)N2CCOC[C@H]2c2ncc(C)[nH]2)c1. The van der Waals surface area contributed by atoms with E-state index in [1.165, 1.54) is 11.3 Å². The van der Waals surface area contributed by atoms with E-state index in [0.717, 1.165) is 22.0 Å². The fraction of sp³-hybridized carbons (Fsp3) is 0.429. The van der Waals surface area contributed by atoms with E-state index in [-0.39, 0.29) is 11.9 Å². The fourth-order valence-corrected chi connectivity index (χ4v) is 3.21. The first-order valence-corrected chi connectivity index (χ1v) is 7.48. The number of aromatic nitrogens is 2. The summed E-state index contributed by atoms with van der Waals surface area (Å²) >= 11 is 1.49. The van der Waals surface area contributed by atoms with E-state index in [1.54, 1.807) is 6.20 Å². The van der Waals surface area contributed by atoms with Crippen LogP contribution in [0.4, 0.5) is 0 Å². The summed E-state index contributed by atoms with van der Waals surface area (Å²) in [6, 6.07) is 1.81. The average Bonchev–Trinajstić information content (AvgIpc) is 3.07. The summed E-state index contributed by atoms with van der Waals surface area (Å²) in [5.41, 5.74) is 2.11. The van der Waals surface area contributed by atoms with Crippen molar-refractivity contribution in [3.63, 3.8) is 0 Å². The molecule has 5 nitrogen and oxygen atoms in total. The maximum absolute atomic E-state index is 12.6. The van der Waals surface area contributed by atoms with Gasteiger partial charge in [0.2, 0.25) is 0 Å². The van der Waals surface area contributed by atoms with E-state index in [2.05, 4.69) is 9.97 Å². The largest absolute Gasteiger partial charge is 0.377 e. The summed E-state index contributed by atoms with van der Waals surface area (Å²) in [7, 11) is 0. The number of aryl methyl sites for hydroxylation is 2. The number of hydrogen-bond acceptors (Lipinski definition) is 4. The molecule has 0 bridgehead atoms. The summed E-state index contributed by atoms with van der Waals surface area (Å²) in [5.74, 6) is 0.856. The van der Waals surface area contributed by atoms with Crippen LogP contribution in [-0.2, 0) is 4.74 Å². The molecule has 1 aliphatic rings. The van der Waals surface area contributed by atoms with Gasteiger partial charge in [-0.3, -0.25) is 4.79 Å². The molecule has 1 amide bonds. The average molecular weight is 291 g/mol. The number of imidazole rings is 1. The van der Waals surface area contributed by atoms with Crippen LogP contribution >= 0.6 is 11.3 Å². The van der Waals surface area contributed by atoms with Crippen molar-refractivity contribution in [1.82, 2.24) is 14.9 Å². The number of H-pyrrole nitrogens is 1. The predicted molar refractivity (Wildman–Crippen MR) is 77.0 cm³/mol. The predicted octanol–water partition coefficient (Wildman–Crippen LogP) is 2.30. The van der Waals surface area contributed by atoms with Crippen molar-refractivity contribution in [3.05, 3.63) is 39.6 Å². The molecule has 0 saturated carbocycles. The Morgan fingerprint density at radius 3 is 3.05 bits per heavy atom. The van der Waals surface area contributed by atoms with Gasteiger partial charge < -0.3 is 14.6 Å². The minimum Gasteiger partial charge on any atom is -0.377 e. The molecule has 1 saturated heterocycles. The molecular weight excluding hydrogens is 274 g/mol. The lowest BCUT2D eigenvalue weighted by Gasteiger charge is -2.34. The Balaban J connectivity index is 1.87. The van der Waals surface area contributed by atoms with Crippen LogP contribution in [0.3, 0.4) is 0 Å². The third kappa shape index (κ3) is 2.48. The zero-order valence-corrected chi connectivity index (χ0v) is 12.4. The standard InChI is InChI=1S/C14H17N3O2S/c1-9-5-12(20-8-9)14(18)17-3-4-19-7-11(17)13-15-6-10(2)16-13/h5-6,8,11H,3-4,7H2,1-2H3,(H,15,16)/t11-/m0/s1. The van der Waals surface area contributed by atoms with Crippen LogP contribution in [0.25, 0.3) is 0 Å². The van der Waals surface area contributed by atoms with E-state index in [4.69, 9.17) is 4.74 Å². The fourth-order valence-electron chi connectivity index (χ4n) is 2.36. The number of ether oxygens (including phenoxy) is 1. The van der Waals surface area contributed by atoms with E-state index < -0.39 is 0 Å². The minimum absolute atomic E-state index is 0.0606. The highest BCUT2D eigenvalue weighted by Crippen LogP contribution is 2.26. The molecule has 20 heavy (non-hydrogen) atoms. The van der Waals surface area contributed by atoms with Crippen LogP contribution in [-0.4, -0.2) is 40.5 Å². The molecule has 106 valence electrons. The molecule has 0 aliphatic carbocycles. The molecule has 1 atom stereocenters. The van der Waals surface area contributed by atoms with Crippen LogP contribution in [0, 0.1) is 13.8 Å². The maximum atomic E-state index is 12.6. The van der Waals surface area contributed by atoms with Crippen LogP contribution in [0.5, 0.6) is 0 Å². The van der Waals surface area contributed by atoms with Gasteiger partial charge in [-0.05, 0) is 30.9 Å². The monoisotopic (exact) mass is 291 g/mol. The minimum atomic E-state index is -0.132. The highest BCUT2D eigenvalue weighted by atomic mass is 32.1. The first-order valence-electron chi connectivity index (χ1n) is 6.60. The Kier molecular flexibility index (Phi) is 3.58. The number of hydrogen-bond donors (Lipinski definition) is 1. The second kappa shape index (κ2) is 5.38. The van der Waals surface area contributed by atoms with Gasteiger partial charge in [0.05, 0.1) is 18.1 Å². The van der Waals surface area contributed by atoms with Gasteiger partial charge >= 0.3 is 0 Å². The zero-order valence-electron chi connectivity index (χ0n) is 11.5. The van der Waals surface area contributed by atoms with Crippen molar-refractivity contribution >= 4 is 17.2 Å². The van der Waals surface area contributed by atoms with Crippen molar-refractivity contribution in [2.75, 3.05) is 19.8 Å². The Morgan fingerprint density at radius 2 is 2.40 bits per heavy atom. The lowest BCUT2D eigenvalue weighted by molar-refractivity contribution is -0.00475. The van der Waals surface area contributed by atoms with E-state index in [9.17, 15) is 4.79 Å². The highest BCUT2D eigenvalue weighted by Gasteiger charge is 2.31. The van der Waals surface area contributed by atoms with Gasteiger partial charge in [-0.1, -0.05) is 0 Å². The third-order valence-electron chi connectivity index (χ3n) is 3.37. The van der Waals surface area contributed by atoms with Gasteiger partial charge in [-0.15, -0.1) is 11.3 Å². The molecule has 3 rings (SSSR count). The Hall–Kier alpha value is -1.66. The van der Waals surface area contributed by atoms with E-state index in [1.807, 2.05) is 30.2 Å². The van der Waals surface area contributed by atoms with Gasteiger partial charge in [0.25, 0.3) is 5.91 Å². The number of amides is 1. The Labute approximate surface area is 121 Å². The summed E-state index contributed by atoms with van der Waals surface area (Å²) in [6.07, 6.45) is 1.78. The first kappa shape index (κ1) is 13.3. The van der Waals surface area contributed by atoms with Crippen LogP contribution < -0.4 is 0 Å². The molecule has 1 N–H and O–H groups in total. The first-order chi connectivity index (χ1) is 9.65. The molecule has 0 unspecified atom stereocenters. The third-order valence-corrected chi connectivity index (χ3v) is 4.40. The molecule has 0 spiro atoms. The smallest absolute Gasteiger partial charge is 0.264 e. The normalized spacial score (nSPS) is 19.3. The molecule has 2 aromatic rings. The quantitative estimate of drug-likeness (QED) is 0.923. The van der Waals surface area contributed by atoms with Gasteiger partial charge in [-0.25, -0.2) is 4.98 Å². The van der Waals surface area contributed by atoms with Gasteiger partial charge in [0.1, 0.15) is 11.9 Å². The van der Waals surface area contributed by atoms with Gasteiger partial charge in [-0.2, -0.15) is 0 Å². The number of morpholine rings is 1. The summed E-state index contributed by atoms with van der Waals surface area (Å²) in [4.78, 5) is 22.8. The molecule has 2 aromatic heterocycles. The number of nitrogens with zero attached hydrogens (tertiary/aromatic N) is 2. The van der Waals surface area contributed by atoms with Gasteiger partial charge in [0, 0.05) is 18.4 Å². The second-order valence-electron chi connectivity index (χ2n) is 5.03. The number of carbonyl (C=O) groups excluding carboxylic acids is 1. The summed E-state index contributed by atoms with van der Waals surface area (Å²) in [6.45, 7) is 5.62. The molecule has 6 heteroatoms. The van der Waals surface area contributed by atoms with Crippen molar-refractivity contribution < 1.29 is 9.53 Å². The van der Waals surface area contributed by atoms with E-state index in [0.29, 0.717) is 19.8 Å². The van der Waals surface area contributed by atoms with Gasteiger partial charge in [0.15, 0.2) is 0 Å². The van der Waals surface area contributed by atoms with Crippen molar-refractivity contribution in [3.8, 4) is 0 Å². The lowest BCUT2D eigenvalue weighted by atomic mass is 10.2. The zero-order chi connectivity index (χ0) is 14.1. The van der Waals surface area contributed by atoms with Crippen molar-refractivity contribution in [2.24, 2.45) is 0 Å². The Morgan fingerprint density at radius 1 is 1.55 bits per heavy atom. The summed E-state index contributed by atoms with van der Waals surface area (Å²) in [5, 5.41) is 2.00. The molecule has 0 aromatic carbocycles. The number of nitrogens with one attached hydrogen (secondary N) is 1. The highest BCUT2D eigenvalue weighted by molar-refractivity contribution is 7.12. The Bertz CT molecular complexity index is 619. The number of aromatic amines is 1. The molecule has 0 radical (unpaired) electrons. The number of thiophene rings is 1. The number of rotatable bonds is 2. The van der Waals surface area contributed by atoms with Crippen molar-refractivity contribution in [1.29, 1.82) is 0 Å². The maximum Gasteiger partial charge on any atom is 0.264 e. The lowest BCUT2D eigenvalue weighted by Crippen LogP contribution is -2.43. The molecular formula is C14H17N3O2S. The van der Waals surface area contributed by atoms with Crippen LogP contribution in [0.2, 0.25) is 0 Å². The van der Waals surface area contributed by atoms with Crippen molar-refractivity contribution in [2.45, 2.75) is 19.9 Å². The van der Waals surface area contributed by atoms with E-state index >= 15 is 0 Å². The summed E-state index contributed by atoms with van der Waals surface area (Å²) < 4.78 is 5.52. The van der Waals surface area contributed by atoms with Crippen LogP contribution in [0.15, 0.2) is 17.6 Å². The molecule has 1 aliphatic heterocycles. The number of carbonyl (C=O) groups is 1.